The van der Waals surface area contributed by atoms with Crippen LogP contribution in [0.15, 0.2) is 36.5 Å². The first-order valence-corrected chi connectivity index (χ1v) is 8.84. The van der Waals surface area contributed by atoms with Crippen molar-refractivity contribution in [1.82, 2.24) is 15.1 Å². The van der Waals surface area contributed by atoms with E-state index < -0.39 is 0 Å². The summed E-state index contributed by atoms with van der Waals surface area (Å²) in [5.41, 5.74) is 1.06. The highest BCUT2D eigenvalue weighted by atomic mass is 16.5. The SMILES string of the molecule is C1=CCC(CN2CCCC(Oc3ccc4[nH]ncc4c3)C2)CC1. The van der Waals surface area contributed by atoms with Crippen molar-refractivity contribution in [1.29, 1.82) is 0 Å². The summed E-state index contributed by atoms with van der Waals surface area (Å²) < 4.78 is 6.25. The lowest BCUT2D eigenvalue weighted by Crippen LogP contribution is -2.43. The summed E-state index contributed by atoms with van der Waals surface area (Å²) >= 11 is 0. The van der Waals surface area contributed by atoms with E-state index in [0.717, 1.165) is 35.5 Å². The van der Waals surface area contributed by atoms with Crippen LogP contribution in [0.25, 0.3) is 10.9 Å². The number of nitrogens with one attached hydrogen (secondary N) is 1. The van der Waals surface area contributed by atoms with Gasteiger partial charge in [0.25, 0.3) is 0 Å². The number of hydrogen-bond acceptors (Lipinski definition) is 3. The first-order chi connectivity index (χ1) is 11.4. The summed E-state index contributed by atoms with van der Waals surface area (Å²) in [5.74, 6) is 1.80. The van der Waals surface area contributed by atoms with E-state index in [1.165, 1.54) is 38.8 Å². The van der Waals surface area contributed by atoms with Crippen LogP contribution in [0, 0.1) is 5.92 Å². The second-order valence-corrected chi connectivity index (χ2v) is 6.91. The second-order valence-electron chi connectivity index (χ2n) is 6.91. The van der Waals surface area contributed by atoms with Gasteiger partial charge < -0.3 is 4.74 Å². The fourth-order valence-corrected chi connectivity index (χ4v) is 3.85. The van der Waals surface area contributed by atoms with Crippen LogP contribution in [0.5, 0.6) is 5.75 Å². The zero-order valence-corrected chi connectivity index (χ0v) is 13.6. The van der Waals surface area contributed by atoms with Gasteiger partial charge in [-0.3, -0.25) is 10.00 Å². The molecule has 4 heteroatoms. The summed E-state index contributed by atoms with van der Waals surface area (Å²) in [6.07, 6.45) is 13.1. The quantitative estimate of drug-likeness (QED) is 0.874. The molecule has 1 saturated heterocycles. The molecule has 23 heavy (non-hydrogen) atoms. The van der Waals surface area contributed by atoms with Gasteiger partial charge in [0, 0.05) is 18.5 Å². The Balaban J connectivity index is 1.35. The third-order valence-corrected chi connectivity index (χ3v) is 5.07. The molecule has 1 fully saturated rings. The van der Waals surface area contributed by atoms with Gasteiger partial charge in [0.1, 0.15) is 11.9 Å². The van der Waals surface area contributed by atoms with Crippen molar-refractivity contribution in [2.75, 3.05) is 19.6 Å². The van der Waals surface area contributed by atoms with Crippen molar-refractivity contribution in [3.8, 4) is 5.75 Å². The largest absolute Gasteiger partial charge is 0.489 e. The minimum absolute atomic E-state index is 0.312. The summed E-state index contributed by atoms with van der Waals surface area (Å²) in [5, 5.41) is 8.17. The first-order valence-electron chi connectivity index (χ1n) is 8.84. The molecule has 1 aliphatic heterocycles. The zero-order chi connectivity index (χ0) is 15.5. The molecule has 2 unspecified atom stereocenters. The fraction of sp³-hybridized carbons (Fsp3) is 0.526. The monoisotopic (exact) mass is 311 g/mol. The average molecular weight is 311 g/mol. The molecule has 2 heterocycles. The van der Waals surface area contributed by atoms with Crippen LogP contribution in [0.3, 0.4) is 0 Å². The maximum Gasteiger partial charge on any atom is 0.120 e. The van der Waals surface area contributed by atoms with Crippen LogP contribution in [-0.4, -0.2) is 40.8 Å². The number of nitrogens with zero attached hydrogens (tertiary/aromatic N) is 2. The molecule has 1 aromatic carbocycles. The Hall–Kier alpha value is -1.81. The molecule has 122 valence electrons. The van der Waals surface area contributed by atoms with E-state index in [1.807, 2.05) is 18.3 Å². The third-order valence-electron chi connectivity index (χ3n) is 5.07. The topological polar surface area (TPSA) is 41.1 Å². The number of hydrogen-bond donors (Lipinski definition) is 1. The Bertz CT molecular complexity index is 678. The van der Waals surface area contributed by atoms with Gasteiger partial charge >= 0.3 is 0 Å². The van der Waals surface area contributed by atoms with E-state index in [1.54, 1.807) is 0 Å². The minimum Gasteiger partial charge on any atom is -0.489 e. The standard InChI is InChI=1S/C19H25N3O/c1-2-5-15(6-3-1)13-22-10-4-7-18(14-22)23-17-8-9-19-16(11-17)12-20-21-19/h1-2,8-9,11-12,15,18H,3-7,10,13-14H2,(H,20,21). The number of H-pyrrole nitrogens is 1. The predicted octanol–water partition coefficient (Wildman–Crippen LogP) is 3.76. The number of piperidine rings is 1. The first kappa shape index (κ1) is 14.8. The highest BCUT2D eigenvalue weighted by Crippen LogP contribution is 2.24. The lowest BCUT2D eigenvalue weighted by molar-refractivity contribution is 0.0774. The summed E-state index contributed by atoms with van der Waals surface area (Å²) in [6.45, 7) is 3.51. The smallest absolute Gasteiger partial charge is 0.120 e. The Labute approximate surface area is 137 Å². The van der Waals surface area contributed by atoms with Crippen LogP contribution >= 0.6 is 0 Å². The highest BCUT2D eigenvalue weighted by Gasteiger charge is 2.23. The molecular formula is C19H25N3O. The number of rotatable bonds is 4. The molecule has 0 spiro atoms. The van der Waals surface area contributed by atoms with Gasteiger partial charge in [0.15, 0.2) is 0 Å². The van der Waals surface area contributed by atoms with E-state index >= 15 is 0 Å². The summed E-state index contributed by atoms with van der Waals surface area (Å²) in [4.78, 5) is 2.61. The normalized spacial score (nSPS) is 25.7. The highest BCUT2D eigenvalue weighted by molar-refractivity contribution is 5.79. The lowest BCUT2D eigenvalue weighted by Gasteiger charge is -2.35. The van der Waals surface area contributed by atoms with Gasteiger partial charge in [-0.2, -0.15) is 5.10 Å². The van der Waals surface area contributed by atoms with Gasteiger partial charge in [-0.1, -0.05) is 12.2 Å². The van der Waals surface area contributed by atoms with E-state index in [-0.39, 0.29) is 0 Å². The van der Waals surface area contributed by atoms with E-state index in [9.17, 15) is 0 Å². The molecule has 4 rings (SSSR count). The van der Waals surface area contributed by atoms with Crippen LogP contribution in [-0.2, 0) is 0 Å². The van der Waals surface area contributed by atoms with Gasteiger partial charge in [-0.15, -0.1) is 0 Å². The zero-order valence-electron chi connectivity index (χ0n) is 13.6. The maximum atomic E-state index is 6.25. The minimum atomic E-state index is 0.312. The molecule has 0 saturated carbocycles. The number of likely N-dealkylation sites (tertiary alicyclic amines) is 1. The molecule has 2 aromatic rings. The third kappa shape index (κ3) is 3.58. The van der Waals surface area contributed by atoms with Gasteiger partial charge in [0.05, 0.1) is 11.7 Å². The molecule has 0 bridgehead atoms. The van der Waals surface area contributed by atoms with E-state index in [0.29, 0.717) is 6.10 Å². The van der Waals surface area contributed by atoms with Crippen molar-refractivity contribution in [3.63, 3.8) is 0 Å². The Morgan fingerprint density at radius 2 is 2.26 bits per heavy atom. The Kier molecular flexibility index (Phi) is 4.33. The number of fused-ring (bicyclic) bond motifs is 1. The number of aromatic amines is 1. The molecule has 0 radical (unpaired) electrons. The summed E-state index contributed by atoms with van der Waals surface area (Å²) in [6, 6.07) is 6.18. The molecule has 2 aliphatic rings. The average Bonchev–Trinajstić information content (AvgIpc) is 3.04. The Morgan fingerprint density at radius 3 is 3.17 bits per heavy atom. The number of allylic oxidation sites excluding steroid dienone is 2. The molecular weight excluding hydrogens is 286 g/mol. The van der Waals surface area contributed by atoms with Crippen molar-refractivity contribution in [2.24, 2.45) is 5.92 Å². The molecule has 1 aromatic heterocycles. The van der Waals surface area contributed by atoms with Gasteiger partial charge in [0.2, 0.25) is 0 Å². The van der Waals surface area contributed by atoms with Gasteiger partial charge in [-0.25, -0.2) is 0 Å². The number of ether oxygens (including phenoxy) is 1. The molecule has 1 N–H and O–H groups in total. The maximum absolute atomic E-state index is 6.25. The summed E-state index contributed by atoms with van der Waals surface area (Å²) in [7, 11) is 0. The predicted molar refractivity (Wildman–Crippen MR) is 92.7 cm³/mol. The van der Waals surface area contributed by atoms with Crippen LogP contribution in [0.2, 0.25) is 0 Å². The van der Waals surface area contributed by atoms with Crippen molar-refractivity contribution in [2.45, 2.75) is 38.2 Å². The lowest BCUT2D eigenvalue weighted by atomic mass is 9.93. The van der Waals surface area contributed by atoms with E-state index in [4.69, 9.17) is 4.74 Å². The van der Waals surface area contributed by atoms with Gasteiger partial charge in [-0.05, 0) is 62.8 Å². The van der Waals surface area contributed by atoms with Crippen molar-refractivity contribution < 1.29 is 4.74 Å². The van der Waals surface area contributed by atoms with E-state index in [2.05, 4.69) is 33.3 Å². The molecule has 0 amide bonds. The molecule has 4 nitrogen and oxygen atoms in total. The fourth-order valence-electron chi connectivity index (χ4n) is 3.85. The molecule has 1 aliphatic carbocycles. The van der Waals surface area contributed by atoms with Crippen molar-refractivity contribution in [3.05, 3.63) is 36.5 Å². The number of benzene rings is 1. The van der Waals surface area contributed by atoms with Crippen molar-refractivity contribution >= 4 is 10.9 Å². The van der Waals surface area contributed by atoms with Crippen LogP contribution in [0.4, 0.5) is 0 Å². The molecule has 2 atom stereocenters. The van der Waals surface area contributed by atoms with Crippen LogP contribution < -0.4 is 4.74 Å². The second kappa shape index (κ2) is 6.75. The Morgan fingerprint density at radius 1 is 1.26 bits per heavy atom. The van der Waals surface area contributed by atoms with Crippen LogP contribution in [0.1, 0.15) is 32.1 Å². The number of aromatic nitrogens is 2.